The topological polar surface area (TPSA) is 22.1 Å². The van der Waals surface area contributed by atoms with E-state index in [4.69, 9.17) is 4.74 Å². The van der Waals surface area contributed by atoms with Crippen LogP contribution in [0.15, 0.2) is 12.3 Å². The molecule has 0 aromatic carbocycles. The number of nitrogens with zero attached hydrogens (tertiary/aromatic N) is 1. The summed E-state index contributed by atoms with van der Waals surface area (Å²) in [5.74, 6) is 1.49. The molecular formula is C12H17NO. The Morgan fingerprint density at radius 2 is 2.14 bits per heavy atom. The summed E-state index contributed by atoms with van der Waals surface area (Å²) < 4.78 is 5.81. The maximum absolute atomic E-state index is 5.81. The SMILES string of the molecule is Cc1cnc(C(C)C)cc1OC1CC1. The largest absolute Gasteiger partial charge is 0.490 e. The minimum absolute atomic E-state index is 0.469. The monoisotopic (exact) mass is 191 g/mol. The zero-order valence-corrected chi connectivity index (χ0v) is 9.08. The van der Waals surface area contributed by atoms with Crippen molar-refractivity contribution in [2.24, 2.45) is 0 Å². The average molecular weight is 191 g/mol. The van der Waals surface area contributed by atoms with E-state index in [2.05, 4.69) is 31.8 Å². The van der Waals surface area contributed by atoms with Crippen LogP contribution in [0, 0.1) is 6.92 Å². The summed E-state index contributed by atoms with van der Waals surface area (Å²) in [6, 6.07) is 2.08. The van der Waals surface area contributed by atoms with E-state index < -0.39 is 0 Å². The van der Waals surface area contributed by atoms with E-state index in [-0.39, 0.29) is 0 Å². The van der Waals surface area contributed by atoms with Crippen molar-refractivity contribution in [2.45, 2.75) is 45.6 Å². The van der Waals surface area contributed by atoms with Crippen LogP contribution < -0.4 is 4.74 Å². The summed E-state index contributed by atoms with van der Waals surface area (Å²) in [6.07, 6.45) is 4.79. The highest BCUT2D eigenvalue weighted by Crippen LogP contribution is 2.30. The summed E-state index contributed by atoms with van der Waals surface area (Å²) in [7, 11) is 0. The maximum atomic E-state index is 5.81. The lowest BCUT2D eigenvalue weighted by Gasteiger charge is -2.11. The van der Waals surface area contributed by atoms with Gasteiger partial charge < -0.3 is 4.74 Å². The van der Waals surface area contributed by atoms with Gasteiger partial charge in [-0.25, -0.2) is 0 Å². The Bertz CT molecular complexity index is 329. The van der Waals surface area contributed by atoms with Crippen molar-refractivity contribution < 1.29 is 4.74 Å². The zero-order valence-electron chi connectivity index (χ0n) is 9.08. The van der Waals surface area contributed by atoms with Gasteiger partial charge in [0.05, 0.1) is 6.10 Å². The van der Waals surface area contributed by atoms with Gasteiger partial charge in [-0.2, -0.15) is 0 Å². The minimum Gasteiger partial charge on any atom is -0.490 e. The second-order valence-corrected chi connectivity index (χ2v) is 4.35. The lowest BCUT2D eigenvalue weighted by molar-refractivity contribution is 0.300. The summed E-state index contributed by atoms with van der Waals surface area (Å²) >= 11 is 0. The Morgan fingerprint density at radius 1 is 1.43 bits per heavy atom. The molecule has 0 spiro atoms. The molecule has 1 fully saturated rings. The third kappa shape index (κ3) is 2.06. The highest BCUT2D eigenvalue weighted by Gasteiger charge is 2.24. The van der Waals surface area contributed by atoms with E-state index in [0.29, 0.717) is 12.0 Å². The highest BCUT2D eigenvalue weighted by molar-refractivity contribution is 5.33. The van der Waals surface area contributed by atoms with Gasteiger partial charge in [-0.05, 0) is 25.7 Å². The number of rotatable bonds is 3. The molecule has 1 aromatic heterocycles. The molecule has 0 aliphatic heterocycles. The van der Waals surface area contributed by atoms with Crippen LogP contribution in [-0.4, -0.2) is 11.1 Å². The molecule has 1 aliphatic carbocycles. The molecule has 1 saturated carbocycles. The van der Waals surface area contributed by atoms with Crippen molar-refractivity contribution in [3.63, 3.8) is 0 Å². The predicted molar refractivity (Wildman–Crippen MR) is 56.7 cm³/mol. The quantitative estimate of drug-likeness (QED) is 0.732. The standard InChI is InChI=1S/C12H17NO/c1-8(2)11-6-12(9(3)7-13-11)14-10-4-5-10/h6-8,10H,4-5H2,1-3H3. The van der Waals surface area contributed by atoms with Gasteiger partial charge in [-0.1, -0.05) is 13.8 Å². The van der Waals surface area contributed by atoms with Crippen molar-refractivity contribution in [2.75, 3.05) is 0 Å². The number of aromatic nitrogens is 1. The van der Waals surface area contributed by atoms with Gasteiger partial charge in [0.1, 0.15) is 5.75 Å². The first-order valence-electron chi connectivity index (χ1n) is 5.30. The molecule has 76 valence electrons. The minimum atomic E-state index is 0.469. The number of pyridine rings is 1. The normalized spacial score (nSPS) is 16.0. The molecule has 0 N–H and O–H groups in total. The Hall–Kier alpha value is -1.05. The van der Waals surface area contributed by atoms with E-state index >= 15 is 0 Å². The summed E-state index contributed by atoms with van der Waals surface area (Å²) in [5, 5.41) is 0. The Labute approximate surface area is 85.3 Å². The highest BCUT2D eigenvalue weighted by atomic mass is 16.5. The number of hydrogen-bond acceptors (Lipinski definition) is 2. The third-order valence-corrected chi connectivity index (χ3v) is 2.48. The average Bonchev–Trinajstić information content (AvgIpc) is 2.92. The van der Waals surface area contributed by atoms with Crippen LogP contribution in [0.25, 0.3) is 0 Å². The third-order valence-electron chi connectivity index (χ3n) is 2.48. The lowest BCUT2D eigenvalue weighted by Crippen LogP contribution is -2.01. The number of ether oxygens (including phenoxy) is 1. The lowest BCUT2D eigenvalue weighted by atomic mass is 10.1. The van der Waals surface area contributed by atoms with Gasteiger partial charge in [-0.3, -0.25) is 4.98 Å². The van der Waals surface area contributed by atoms with Gasteiger partial charge in [0.2, 0.25) is 0 Å². The molecule has 0 atom stereocenters. The fourth-order valence-corrected chi connectivity index (χ4v) is 1.33. The molecule has 2 heteroatoms. The summed E-state index contributed by atoms with van der Waals surface area (Å²) in [5.41, 5.74) is 2.26. The van der Waals surface area contributed by atoms with Gasteiger partial charge in [-0.15, -0.1) is 0 Å². The van der Waals surface area contributed by atoms with E-state index in [1.165, 1.54) is 12.8 Å². The predicted octanol–water partition coefficient (Wildman–Crippen LogP) is 3.05. The van der Waals surface area contributed by atoms with Crippen LogP contribution in [0.2, 0.25) is 0 Å². The van der Waals surface area contributed by atoms with Crippen LogP contribution in [0.3, 0.4) is 0 Å². The van der Waals surface area contributed by atoms with Crippen molar-refractivity contribution >= 4 is 0 Å². The fraction of sp³-hybridized carbons (Fsp3) is 0.583. The number of aryl methyl sites for hydroxylation is 1. The van der Waals surface area contributed by atoms with E-state index in [1.807, 2.05) is 6.20 Å². The Balaban J connectivity index is 2.21. The zero-order chi connectivity index (χ0) is 10.1. The van der Waals surface area contributed by atoms with Crippen molar-refractivity contribution in [3.05, 3.63) is 23.5 Å². The molecule has 1 aliphatic rings. The first-order chi connectivity index (χ1) is 6.66. The molecule has 0 bridgehead atoms. The van der Waals surface area contributed by atoms with E-state index in [1.54, 1.807) is 0 Å². The maximum Gasteiger partial charge on any atom is 0.125 e. The second-order valence-electron chi connectivity index (χ2n) is 4.35. The molecule has 0 radical (unpaired) electrons. The van der Waals surface area contributed by atoms with Crippen LogP contribution in [0.5, 0.6) is 5.75 Å². The molecule has 2 nitrogen and oxygen atoms in total. The molecular weight excluding hydrogens is 174 g/mol. The van der Waals surface area contributed by atoms with E-state index in [0.717, 1.165) is 17.0 Å². The van der Waals surface area contributed by atoms with Crippen LogP contribution >= 0.6 is 0 Å². The number of hydrogen-bond donors (Lipinski definition) is 0. The van der Waals surface area contributed by atoms with E-state index in [9.17, 15) is 0 Å². The smallest absolute Gasteiger partial charge is 0.125 e. The molecule has 1 heterocycles. The van der Waals surface area contributed by atoms with Crippen molar-refractivity contribution in [1.82, 2.24) is 4.98 Å². The molecule has 0 saturated heterocycles. The molecule has 14 heavy (non-hydrogen) atoms. The Morgan fingerprint density at radius 3 is 2.71 bits per heavy atom. The van der Waals surface area contributed by atoms with Crippen molar-refractivity contribution in [3.8, 4) is 5.75 Å². The van der Waals surface area contributed by atoms with Gasteiger partial charge in [0, 0.05) is 23.5 Å². The van der Waals surface area contributed by atoms with Crippen LogP contribution in [-0.2, 0) is 0 Å². The van der Waals surface area contributed by atoms with Crippen LogP contribution in [0.4, 0.5) is 0 Å². The molecule has 1 aromatic rings. The van der Waals surface area contributed by atoms with Crippen molar-refractivity contribution in [1.29, 1.82) is 0 Å². The molecule has 0 amide bonds. The Kier molecular flexibility index (Phi) is 2.44. The second kappa shape index (κ2) is 3.60. The molecule has 2 rings (SSSR count). The first-order valence-corrected chi connectivity index (χ1v) is 5.30. The van der Waals surface area contributed by atoms with Gasteiger partial charge in [0.25, 0.3) is 0 Å². The van der Waals surface area contributed by atoms with Gasteiger partial charge >= 0.3 is 0 Å². The molecule has 0 unspecified atom stereocenters. The summed E-state index contributed by atoms with van der Waals surface area (Å²) in [4.78, 5) is 4.39. The fourth-order valence-electron chi connectivity index (χ4n) is 1.33. The van der Waals surface area contributed by atoms with Crippen LogP contribution in [0.1, 0.15) is 43.9 Å². The van der Waals surface area contributed by atoms with Gasteiger partial charge in [0.15, 0.2) is 0 Å². The first kappa shape index (κ1) is 9.50. The summed E-state index contributed by atoms with van der Waals surface area (Å²) in [6.45, 7) is 6.35.